The minimum Gasteiger partial charge on any atom is -0.497 e. The van der Waals surface area contributed by atoms with Crippen LogP contribution in [0.2, 0.25) is 0 Å². The smallest absolute Gasteiger partial charge is 0.242 e. The second kappa shape index (κ2) is 9.14. The highest BCUT2D eigenvalue weighted by molar-refractivity contribution is 5.81. The van der Waals surface area contributed by atoms with Gasteiger partial charge in [0.05, 0.1) is 25.3 Å². The highest BCUT2D eigenvalue weighted by Gasteiger charge is 2.12. The molecule has 0 heterocycles. The summed E-state index contributed by atoms with van der Waals surface area (Å²) in [6.45, 7) is 4.88. The molecule has 1 amide bonds. The molecule has 0 fully saturated rings. The molecule has 0 atom stereocenters. The number of carbonyl (C=O) groups is 1. The number of ether oxygens (including phenoxy) is 1. The van der Waals surface area contributed by atoms with Crippen LogP contribution >= 0.6 is 0 Å². The van der Waals surface area contributed by atoms with Crippen LogP contribution in [0.3, 0.4) is 0 Å². The zero-order valence-corrected chi connectivity index (χ0v) is 14.2. The van der Waals surface area contributed by atoms with E-state index in [1.54, 1.807) is 42.4 Å². The third kappa shape index (κ3) is 5.40. The molecule has 128 valence electrons. The van der Waals surface area contributed by atoms with Crippen LogP contribution in [0.4, 0.5) is 5.69 Å². The number of carbonyl (C=O) groups excluding carboxylic acids is 1. The Kier molecular flexibility index (Phi) is 6.61. The average molecular weight is 335 g/mol. The molecule has 0 aliphatic carbocycles. The topological polar surface area (TPSA) is 65.4 Å². The Morgan fingerprint density at radius 1 is 1.24 bits per heavy atom. The summed E-state index contributed by atoms with van der Waals surface area (Å²) in [7, 11) is 1.62. The number of hydrogen-bond acceptors (Lipinski definition) is 4. The van der Waals surface area contributed by atoms with E-state index in [-0.39, 0.29) is 12.5 Å². The Morgan fingerprint density at radius 2 is 1.92 bits per heavy atom. The van der Waals surface area contributed by atoms with Crippen LogP contribution in [0.25, 0.3) is 0 Å². The van der Waals surface area contributed by atoms with Crippen molar-refractivity contribution in [3.05, 3.63) is 72.3 Å². The van der Waals surface area contributed by atoms with E-state index in [4.69, 9.17) is 10.00 Å². The standard InChI is InChI=1S/C20H21N3O2/c1-3-12-23(15-17-6-10-19(25-2)11-7-17)20(24)14-22-18-8-4-16(13-21)5-9-18/h3-11,22H,1,12,14-15H2,2H3. The summed E-state index contributed by atoms with van der Waals surface area (Å²) in [5.41, 5.74) is 2.41. The van der Waals surface area contributed by atoms with Gasteiger partial charge in [-0.05, 0) is 42.0 Å². The maximum absolute atomic E-state index is 12.5. The molecule has 2 aromatic rings. The van der Waals surface area contributed by atoms with Crippen LogP contribution in [0, 0.1) is 11.3 Å². The van der Waals surface area contributed by atoms with Crippen LogP contribution in [-0.4, -0.2) is 31.0 Å². The monoisotopic (exact) mass is 335 g/mol. The first-order valence-electron chi connectivity index (χ1n) is 7.92. The van der Waals surface area contributed by atoms with Crippen molar-refractivity contribution in [1.82, 2.24) is 4.90 Å². The quantitative estimate of drug-likeness (QED) is 0.753. The summed E-state index contributed by atoms with van der Waals surface area (Å²) in [6.07, 6.45) is 1.71. The minimum atomic E-state index is -0.0277. The van der Waals surface area contributed by atoms with Gasteiger partial charge < -0.3 is 15.0 Å². The summed E-state index contributed by atoms with van der Waals surface area (Å²) in [5.74, 6) is 0.757. The van der Waals surface area contributed by atoms with E-state index < -0.39 is 0 Å². The van der Waals surface area contributed by atoms with Crippen LogP contribution in [0.1, 0.15) is 11.1 Å². The van der Waals surface area contributed by atoms with Crippen molar-refractivity contribution >= 4 is 11.6 Å². The van der Waals surface area contributed by atoms with Gasteiger partial charge in [0.2, 0.25) is 5.91 Å². The van der Waals surface area contributed by atoms with Gasteiger partial charge in [0.1, 0.15) is 5.75 Å². The van der Waals surface area contributed by atoms with E-state index in [2.05, 4.69) is 18.0 Å². The summed E-state index contributed by atoms with van der Waals surface area (Å²) in [6, 6.07) is 16.7. The van der Waals surface area contributed by atoms with Crippen LogP contribution in [0.5, 0.6) is 5.75 Å². The van der Waals surface area contributed by atoms with E-state index in [1.165, 1.54) is 0 Å². The Bertz CT molecular complexity index is 746. The molecule has 0 saturated carbocycles. The van der Waals surface area contributed by atoms with Gasteiger partial charge in [-0.2, -0.15) is 5.26 Å². The van der Waals surface area contributed by atoms with Crippen molar-refractivity contribution in [1.29, 1.82) is 5.26 Å². The lowest BCUT2D eigenvalue weighted by molar-refractivity contribution is -0.129. The number of nitriles is 1. The van der Waals surface area contributed by atoms with Crippen molar-refractivity contribution in [3.63, 3.8) is 0 Å². The first-order valence-corrected chi connectivity index (χ1v) is 7.92. The van der Waals surface area contributed by atoms with E-state index in [0.717, 1.165) is 17.0 Å². The predicted octanol–water partition coefficient (Wildman–Crippen LogP) is 3.19. The molecular weight excluding hydrogens is 314 g/mol. The summed E-state index contributed by atoms with van der Waals surface area (Å²) >= 11 is 0. The zero-order valence-electron chi connectivity index (χ0n) is 14.2. The maximum atomic E-state index is 12.5. The van der Waals surface area contributed by atoms with E-state index in [0.29, 0.717) is 18.7 Å². The minimum absolute atomic E-state index is 0.0277. The van der Waals surface area contributed by atoms with E-state index in [9.17, 15) is 4.79 Å². The number of amides is 1. The molecule has 1 N–H and O–H groups in total. The molecule has 0 aromatic heterocycles. The van der Waals surface area contributed by atoms with Gasteiger partial charge in [0.25, 0.3) is 0 Å². The molecule has 5 heteroatoms. The average Bonchev–Trinajstić information content (AvgIpc) is 2.66. The molecule has 5 nitrogen and oxygen atoms in total. The SMILES string of the molecule is C=CCN(Cc1ccc(OC)cc1)C(=O)CNc1ccc(C#N)cc1. The van der Waals surface area contributed by atoms with Gasteiger partial charge in [-0.3, -0.25) is 4.79 Å². The fraction of sp³-hybridized carbons (Fsp3) is 0.200. The van der Waals surface area contributed by atoms with Gasteiger partial charge in [-0.25, -0.2) is 0 Å². The molecule has 0 aliphatic rings. The lowest BCUT2D eigenvalue weighted by Crippen LogP contribution is -2.35. The Hall–Kier alpha value is -3.26. The van der Waals surface area contributed by atoms with E-state index in [1.807, 2.05) is 24.3 Å². The number of rotatable bonds is 8. The number of nitrogens with one attached hydrogen (secondary N) is 1. The largest absolute Gasteiger partial charge is 0.497 e. The van der Waals surface area contributed by atoms with E-state index >= 15 is 0 Å². The number of benzene rings is 2. The van der Waals surface area contributed by atoms with Crippen LogP contribution < -0.4 is 10.1 Å². The highest BCUT2D eigenvalue weighted by atomic mass is 16.5. The number of methoxy groups -OCH3 is 1. The number of anilines is 1. The fourth-order valence-corrected chi connectivity index (χ4v) is 2.31. The molecule has 0 radical (unpaired) electrons. The first-order chi connectivity index (χ1) is 12.2. The second-order valence-electron chi connectivity index (χ2n) is 5.45. The molecule has 2 rings (SSSR count). The maximum Gasteiger partial charge on any atom is 0.242 e. The van der Waals surface area contributed by atoms with Crippen molar-refractivity contribution in [2.45, 2.75) is 6.54 Å². The summed E-state index contributed by atoms with van der Waals surface area (Å²) in [5, 5.41) is 11.9. The van der Waals surface area contributed by atoms with Gasteiger partial charge in [-0.15, -0.1) is 6.58 Å². The molecule has 25 heavy (non-hydrogen) atoms. The molecule has 0 unspecified atom stereocenters. The summed E-state index contributed by atoms with van der Waals surface area (Å²) < 4.78 is 5.15. The second-order valence-corrected chi connectivity index (χ2v) is 5.45. The van der Waals surface area contributed by atoms with Crippen molar-refractivity contribution in [2.24, 2.45) is 0 Å². The van der Waals surface area contributed by atoms with Crippen molar-refractivity contribution in [2.75, 3.05) is 25.5 Å². The fourth-order valence-electron chi connectivity index (χ4n) is 2.31. The molecule has 0 saturated heterocycles. The Balaban J connectivity index is 1.96. The first kappa shape index (κ1) is 18.1. The summed E-state index contributed by atoms with van der Waals surface area (Å²) in [4.78, 5) is 14.2. The van der Waals surface area contributed by atoms with Crippen LogP contribution in [0.15, 0.2) is 61.2 Å². The Labute approximate surface area is 148 Å². The zero-order chi connectivity index (χ0) is 18.1. The van der Waals surface area contributed by atoms with Crippen molar-refractivity contribution in [3.8, 4) is 11.8 Å². The highest BCUT2D eigenvalue weighted by Crippen LogP contribution is 2.14. The molecule has 0 aliphatic heterocycles. The molecule has 0 spiro atoms. The van der Waals surface area contributed by atoms with Crippen molar-refractivity contribution < 1.29 is 9.53 Å². The third-order valence-electron chi connectivity index (χ3n) is 3.69. The normalized spacial score (nSPS) is 9.76. The Morgan fingerprint density at radius 3 is 2.48 bits per heavy atom. The van der Waals surface area contributed by atoms with Gasteiger partial charge in [-0.1, -0.05) is 18.2 Å². The number of nitrogens with zero attached hydrogens (tertiary/aromatic N) is 2. The lowest BCUT2D eigenvalue weighted by Gasteiger charge is -2.22. The van der Waals surface area contributed by atoms with Crippen LogP contribution in [-0.2, 0) is 11.3 Å². The third-order valence-corrected chi connectivity index (χ3v) is 3.69. The number of hydrogen-bond donors (Lipinski definition) is 1. The van der Waals surface area contributed by atoms with Gasteiger partial charge in [0.15, 0.2) is 0 Å². The molecule has 0 bridgehead atoms. The predicted molar refractivity (Wildman–Crippen MR) is 98.3 cm³/mol. The lowest BCUT2D eigenvalue weighted by atomic mass is 10.2. The van der Waals surface area contributed by atoms with Gasteiger partial charge >= 0.3 is 0 Å². The van der Waals surface area contributed by atoms with Gasteiger partial charge in [0, 0.05) is 18.8 Å². The molecule has 2 aromatic carbocycles. The molecular formula is C20H21N3O2.